The van der Waals surface area contributed by atoms with E-state index in [0.717, 1.165) is 0 Å². The number of hydrogen-bond acceptors (Lipinski definition) is 7. The molecule has 9 heteroatoms. The van der Waals surface area contributed by atoms with Gasteiger partial charge in [-0.25, -0.2) is 5.09 Å². The summed E-state index contributed by atoms with van der Waals surface area (Å²) in [6.45, 7) is -0.620. The van der Waals surface area contributed by atoms with Gasteiger partial charge in [0.25, 0.3) is 0 Å². The Morgan fingerprint density at radius 1 is 1.14 bits per heavy atom. The zero-order chi connectivity index (χ0) is 16.3. The summed E-state index contributed by atoms with van der Waals surface area (Å²) in [7, 11) is -4.16. The number of benzene rings is 1. The minimum absolute atomic E-state index is 0.303. The van der Waals surface area contributed by atoms with E-state index >= 15 is 0 Å². The summed E-state index contributed by atoms with van der Waals surface area (Å²) in [6, 6.07) is 8.43. The lowest BCUT2D eigenvalue weighted by atomic mass is 9.99. The SMILES string of the molecule is O=P([O-])(Cc1ccccc1)N[C@@H]1O[C@H](CO)[C@@H](O)[C@H](O)[C@H]1O. The van der Waals surface area contributed by atoms with Crippen LogP contribution in [0, 0.1) is 0 Å². The topological polar surface area (TPSA) is 142 Å². The van der Waals surface area contributed by atoms with Gasteiger partial charge in [0.05, 0.1) is 14.1 Å². The van der Waals surface area contributed by atoms with Gasteiger partial charge in [-0.15, -0.1) is 0 Å². The average Bonchev–Trinajstić information content (AvgIpc) is 2.48. The molecule has 1 saturated heterocycles. The maximum Gasteiger partial charge on any atom is 0.142 e. The fourth-order valence-electron chi connectivity index (χ4n) is 2.27. The molecule has 1 aliphatic rings. The lowest BCUT2D eigenvalue weighted by molar-refractivity contribution is -0.239. The van der Waals surface area contributed by atoms with Gasteiger partial charge in [-0.3, -0.25) is 0 Å². The van der Waals surface area contributed by atoms with Crippen LogP contribution in [-0.4, -0.2) is 57.7 Å². The smallest absolute Gasteiger partial charge is 0.142 e. The molecule has 0 aromatic heterocycles. The van der Waals surface area contributed by atoms with Crippen molar-refractivity contribution in [3.8, 4) is 0 Å². The second kappa shape index (κ2) is 7.16. The number of rotatable bonds is 5. The predicted molar refractivity (Wildman–Crippen MR) is 74.7 cm³/mol. The van der Waals surface area contributed by atoms with E-state index in [2.05, 4.69) is 5.09 Å². The Balaban J connectivity index is 2.06. The first-order chi connectivity index (χ1) is 10.3. The molecule has 2 rings (SSSR count). The van der Waals surface area contributed by atoms with E-state index in [9.17, 15) is 24.8 Å². The Hall–Kier alpha value is -0.830. The van der Waals surface area contributed by atoms with Gasteiger partial charge < -0.3 is 34.6 Å². The third-order valence-corrected chi connectivity index (χ3v) is 4.88. The molecular formula is C13H19NO7P-. The minimum atomic E-state index is -4.16. The van der Waals surface area contributed by atoms with Gasteiger partial charge in [-0.05, 0) is 5.56 Å². The van der Waals surface area contributed by atoms with E-state index in [0.29, 0.717) is 5.56 Å². The van der Waals surface area contributed by atoms with Crippen molar-refractivity contribution >= 4 is 7.52 Å². The van der Waals surface area contributed by atoms with Crippen LogP contribution in [0.2, 0.25) is 0 Å². The molecule has 0 aliphatic carbocycles. The second-order valence-electron chi connectivity index (χ2n) is 5.20. The van der Waals surface area contributed by atoms with E-state index in [-0.39, 0.29) is 6.16 Å². The van der Waals surface area contributed by atoms with Crippen LogP contribution in [0.4, 0.5) is 0 Å². The van der Waals surface area contributed by atoms with Gasteiger partial charge >= 0.3 is 0 Å². The van der Waals surface area contributed by atoms with Crippen LogP contribution in [0.3, 0.4) is 0 Å². The highest BCUT2D eigenvalue weighted by atomic mass is 31.2. The predicted octanol–water partition coefficient (Wildman–Crippen LogP) is -1.87. The van der Waals surface area contributed by atoms with Crippen molar-refractivity contribution in [3.05, 3.63) is 35.9 Å². The van der Waals surface area contributed by atoms with Gasteiger partial charge in [-0.1, -0.05) is 30.3 Å². The summed E-state index contributed by atoms with van der Waals surface area (Å²) in [5.74, 6) is 0. The Kier molecular flexibility index (Phi) is 5.70. The van der Waals surface area contributed by atoms with Crippen LogP contribution in [0.1, 0.15) is 5.56 Å². The number of aliphatic hydroxyl groups excluding tert-OH is 4. The molecule has 1 aromatic rings. The van der Waals surface area contributed by atoms with Crippen molar-refractivity contribution in [2.45, 2.75) is 36.8 Å². The van der Waals surface area contributed by atoms with Crippen LogP contribution >= 0.6 is 7.52 Å². The first-order valence-electron chi connectivity index (χ1n) is 6.76. The van der Waals surface area contributed by atoms with Crippen molar-refractivity contribution in [3.63, 3.8) is 0 Å². The summed E-state index contributed by atoms with van der Waals surface area (Å²) in [5.41, 5.74) is 0.554. The van der Waals surface area contributed by atoms with E-state index in [1.54, 1.807) is 30.3 Å². The van der Waals surface area contributed by atoms with Crippen molar-refractivity contribution in [2.75, 3.05) is 6.61 Å². The highest BCUT2D eigenvalue weighted by molar-refractivity contribution is 7.53. The monoisotopic (exact) mass is 332 g/mol. The van der Waals surface area contributed by atoms with Crippen LogP contribution in [0.25, 0.3) is 0 Å². The molecule has 1 aliphatic heterocycles. The van der Waals surface area contributed by atoms with E-state index in [1.807, 2.05) is 0 Å². The fourth-order valence-corrected chi connectivity index (χ4v) is 3.66. The highest BCUT2D eigenvalue weighted by Crippen LogP contribution is 2.37. The number of ether oxygens (including phenoxy) is 1. The summed E-state index contributed by atoms with van der Waals surface area (Å²) >= 11 is 0. The summed E-state index contributed by atoms with van der Waals surface area (Å²) in [5, 5.41) is 40.3. The van der Waals surface area contributed by atoms with Gasteiger partial charge in [0.15, 0.2) is 0 Å². The molecule has 0 radical (unpaired) electrons. The molecule has 0 spiro atoms. The Labute approximate surface area is 127 Å². The summed E-state index contributed by atoms with van der Waals surface area (Å²) < 4.78 is 17.2. The lowest BCUT2D eigenvalue weighted by Gasteiger charge is -2.42. The highest BCUT2D eigenvalue weighted by Gasteiger charge is 2.44. The standard InChI is InChI=1S/C13H20NO7P/c15-6-9-10(16)11(17)12(18)13(21-9)14-22(19,20)7-8-4-2-1-3-5-8/h1-5,9-13,15-18H,6-7H2,(H2,14,19,20)/p-1/t9-,10-,11+,12-,13-/m1/s1. The summed E-state index contributed by atoms with van der Waals surface area (Å²) in [6.07, 6.45) is -7.70. The Morgan fingerprint density at radius 2 is 1.77 bits per heavy atom. The van der Waals surface area contributed by atoms with E-state index < -0.39 is 44.8 Å². The third-order valence-electron chi connectivity index (χ3n) is 3.45. The van der Waals surface area contributed by atoms with Gasteiger partial charge in [0, 0.05) is 6.16 Å². The van der Waals surface area contributed by atoms with Crippen LogP contribution in [0.5, 0.6) is 0 Å². The molecule has 1 aromatic carbocycles. The average molecular weight is 332 g/mol. The second-order valence-corrected chi connectivity index (χ2v) is 7.12. The van der Waals surface area contributed by atoms with Gasteiger partial charge in [0.2, 0.25) is 0 Å². The molecular weight excluding hydrogens is 313 g/mol. The van der Waals surface area contributed by atoms with E-state index in [1.165, 1.54) is 0 Å². The number of hydrogen-bond donors (Lipinski definition) is 5. The van der Waals surface area contributed by atoms with Crippen molar-refractivity contribution < 1.29 is 34.6 Å². The largest absolute Gasteiger partial charge is 0.788 e. The zero-order valence-electron chi connectivity index (χ0n) is 11.6. The normalized spacial score (nSPS) is 35.0. The lowest BCUT2D eigenvalue weighted by Crippen LogP contribution is -2.62. The summed E-state index contributed by atoms with van der Waals surface area (Å²) in [4.78, 5) is 12.1. The first-order valence-corrected chi connectivity index (χ1v) is 8.57. The van der Waals surface area contributed by atoms with E-state index in [4.69, 9.17) is 9.84 Å². The number of nitrogens with one attached hydrogen (secondary N) is 1. The van der Waals surface area contributed by atoms with Crippen molar-refractivity contribution in [1.82, 2.24) is 5.09 Å². The molecule has 1 unspecified atom stereocenters. The first kappa shape index (κ1) is 17.5. The molecule has 22 heavy (non-hydrogen) atoms. The molecule has 124 valence electrons. The Morgan fingerprint density at radius 3 is 2.36 bits per heavy atom. The minimum Gasteiger partial charge on any atom is -0.788 e. The zero-order valence-corrected chi connectivity index (χ0v) is 12.5. The molecule has 0 bridgehead atoms. The molecule has 0 saturated carbocycles. The fraction of sp³-hybridized carbons (Fsp3) is 0.538. The van der Waals surface area contributed by atoms with Crippen LogP contribution in [-0.2, 0) is 15.5 Å². The van der Waals surface area contributed by atoms with Gasteiger partial charge in [-0.2, -0.15) is 0 Å². The van der Waals surface area contributed by atoms with Gasteiger partial charge in [0.1, 0.15) is 30.6 Å². The molecule has 8 nitrogen and oxygen atoms in total. The molecule has 1 heterocycles. The number of aliphatic hydroxyl groups is 4. The molecule has 5 N–H and O–H groups in total. The van der Waals surface area contributed by atoms with Crippen molar-refractivity contribution in [2.24, 2.45) is 0 Å². The quantitative estimate of drug-likeness (QED) is 0.395. The van der Waals surface area contributed by atoms with Crippen molar-refractivity contribution in [1.29, 1.82) is 0 Å². The molecule has 6 atom stereocenters. The van der Waals surface area contributed by atoms with Crippen LogP contribution < -0.4 is 9.98 Å². The Bertz CT molecular complexity index is 526. The third kappa shape index (κ3) is 4.13. The molecule has 1 fully saturated rings. The van der Waals surface area contributed by atoms with Crippen LogP contribution in [0.15, 0.2) is 30.3 Å². The maximum atomic E-state index is 12.1. The maximum absolute atomic E-state index is 12.1. The molecule has 0 amide bonds.